The zero-order valence-corrected chi connectivity index (χ0v) is 20.2. The topological polar surface area (TPSA) is 120 Å². The third-order valence-electron chi connectivity index (χ3n) is 6.96. The number of benzene rings is 1. The predicted molar refractivity (Wildman–Crippen MR) is 126 cm³/mol. The van der Waals surface area contributed by atoms with Gasteiger partial charge in [-0.2, -0.15) is 4.31 Å². The van der Waals surface area contributed by atoms with E-state index in [1.807, 2.05) is 11.3 Å². The second kappa shape index (κ2) is 7.59. The van der Waals surface area contributed by atoms with Gasteiger partial charge in [0.05, 0.1) is 22.4 Å². The quantitative estimate of drug-likeness (QED) is 0.422. The first-order chi connectivity index (χ1) is 16.3. The van der Waals surface area contributed by atoms with Gasteiger partial charge in [0.15, 0.2) is 11.3 Å². The molecule has 34 heavy (non-hydrogen) atoms. The largest absolute Gasteiger partial charge is 0.274 e. The maximum Gasteiger partial charge on any atom is 0.269 e. The summed E-state index contributed by atoms with van der Waals surface area (Å²) in [4.78, 5) is 4.58. The van der Waals surface area contributed by atoms with Crippen molar-refractivity contribution in [2.24, 2.45) is 0 Å². The van der Waals surface area contributed by atoms with E-state index in [1.165, 1.54) is 16.4 Å². The van der Waals surface area contributed by atoms with Crippen LogP contribution in [0.4, 0.5) is 0 Å². The van der Waals surface area contributed by atoms with Crippen molar-refractivity contribution in [3.8, 4) is 0 Å². The van der Waals surface area contributed by atoms with Gasteiger partial charge in [0.25, 0.3) is 10.0 Å². The number of fused-ring (bicyclic) bond motifs is 3. The van der Waals surface area contributed by atoms with Gasteiger partial charge < -0.3 is 0 Å². The molecule has 2 fully saturated rings. The summed E-state index contributed by atoms with van der Waals surface area (Å²) in [7, 11) is -7.00. The number of hydrogen-bond donors (Lipinski definition) is 0. The molecule has 0 N–H and O–H groups in total. The lowest BCUT2D eigenvalue weighted by Gasteiger charge is -2.22. The average molecular weight is 501 g/mol. The highest BCUT2D eigenvalue weighted by atomic mass is 32.2. The highest BCUT2D eigenvalue weighted by molar-refractivity contribution is 7.90. The van der Waals surface area contributed by atoms with E-state index in [9.17, 15) is 16.8 Å². The van der Waals surface area contributed by atoms with Crippen LogP contribution in [-0.2, 0) is 20.0 Å². The summed E-state index contributed by atoms with van der Waals surface area (Å²) >= 11 is 0. The van der Waals surface area contributed by atoms with E-state index < -0.39 is 20.0 Å². The maximum atomic E-state index is 13.3. The van der Waals surface area contributed by atoms with E-state index in [1.54, 1.807) is 34.6 Å². The zero-order chi connectivity index (χ0) is 23.7. The van der Waals surface area contributed by atoms with Crippen molar-refractivity contribution in [2.75, 3.05) is 12.3 Å². The van der Waals surface area contributed by atoms with Crippen molar-refractivity contribution < 1.29 is 16.8 Å². The Morgan fingerprint density at radius 3 is 2.59 bits per heavy atom. The highest BCUT2D eigenvalue weighted by Crippen LogP contribution is 2.39. The molecule has 1 saturated heterocycles. The van der Waals surface area contributed by atoms with E-state index in [-0.39, 0.29) is 22.6 Å². The molecule has 1 aliphatic heterocycles. The standard InChI is InChI=1S/C22H24N6O4S2/c1-15-3-7-18(8-4-15)34(31,32)27-11-9-19-22(27)23-14-20-24-25-21(28(19)20)16-5-6-17(13-16)26-10-2-12-33(26,29)30/h3-4,7-9,11,14,16-17H,2,5-6,10,12-13H2,1H3. The molecular weight excluding hydrogens is 476 g/mol. The Bertz CT molecular complexity index is 1620. The molecule has 1 aliphatic carbocycles. The van der Waals surface area contributed by atoms with Crippen molar-refractivity contribution >= 4 is 36.9 Å². The first-order valence-corrected chi connectivity index (χ1v) is 14.3. The number of rotatable bonds is 4. The molecule has 10 nitrogen and oxygen atoms in total. The lowest BCUT2D eigenvalue weighted by Crippen LogP contribution is -2.34. The summed E-state index contributed by atoms with van der Waals surface area (Å²) in [5.74, 6) is 0.961. The average Bonchev–Trinajstić information content (AvgIpc) is 3.57. The molecule has 178 valence electrons. The molecule has 6 rings (SSSR count). The molecule has 0 spiro atoms. The fourth-order valence-corrected chi connectivity index (χ4v) is 8.33. The van der Waals surface area contributed by atoms with Crippen LogP contribution in [0.25, 0.3) is 16.8 Å². The third-order valence-corrected chi connectivity index (χ3v) is 10.6. The SMILES string of the molecule is Cc1ccc(S(=O)(=O)n2ccc3c2ncc2nnc(C4CCC(N5CCCS5(=O)=O)C4)n23)cc1. The molecule has 0 amide bonds. The van der Waals surface area contributed by atoms with Crippen molar-refractivity contribution in [3.05, 3.63) is 54.1 Å². The van der Waals surface area contributed by atoms with Crippen molar-refractivity contribution in [3.63, 3.8) is 0 Å². The van der Waals surface area contributed by atoms with E-state index in [0.717, 1.165) is 18.4 Å². The van der Waals surface area contributed by atoms with Gasteiger partial charge in [0.2, 0.25) is 10.0 Å². The second-order valence-electron chi connectivity index (χ2n) is 9.09. The normalized spacial score (nSPS) is 23.3. The van der Waals surface area contributed by atoms with E-state index in [2.05, 4.69) is 15.2 Å². The number of hydrogen-bond acceptors (Lipinski definition) is 7. The van der Waals surface area contributed by atoms with Crippen molar-refractivity contribution in [1.29, 1.82) is 0 Å². The van der Waals surface area contributed by atoms with Gasteiger partial charge in [0, 0.05) is 24.7 Å². The fraction of sp³-hybridized carbons (Fsp3) is 0.409. The first-order valence-electron chi connectivity index (χ1n) is 11.3. The third kappa shape index (κ3) is 3.27. The van der Waals surface area contributed by atoms with Gasteiger partial charge >= 0.3 is 0 Å². The molecule has 4 aromatic rings. The Morgan fingerprint density at radius 1 is 1.06 bits per heavy atom. The van der Waals surface area contributed by atoms with Crippen molar-refractivity contribution in [2.45, 2.75) is 49.5 Å². The van der Waals surface area contributed by atoms with Gasteiger partial charge in [0.1, 0.15) is 5.82 Å². The zero-order valence-electron chi connectivity index (χ0n) is 18.6. The van der Waals surface area contributed by atoms with Crippen LogP contribution in [0.1, 0.15) is 43.0 Å². The van der Waals surface area contributed by atoms with Crippen LogP contribution >= 0.6 is 0 Å². The lowest BCUT2D eigenvalue weighted by molar-refractivity contribution is 0.342. The van der Waals surface area contributed by atoms with Crippen LogP contribution in [0.5, 0.6) is 0 Å². The van der Waals surface area contributed by atoms with Gasteiger partial charge in [-0.15, -0.1) is 10.2 Å². The minimum atomic E-state index is -3.83. The van der Waals surface area contributed by atoms with Crippen LogP contribution < -0.4 is 0 Å². The molecule has 1 saturated carbocycles. The summed E-state index contributed by atoms with van der Waals surface area (Å²) in [6.07, 6.45) is 5.94. The Hall–Kier alpha value is -2.83. The van der Waals surface area contributed by atoms with Crippen molar-refractivity contribution in [1.82, 2.24) is 27.9 Å². The Morgan fingerprint density at radius 2 is 1.85 bits per heavy atom. The number of aromatic nitrogens is 5. The second-order valence-corrected chi connectivity index (χ2v) is 12.9. The Labute approximate surface area is 197 Å². The molecule has 12 heteroatoms. The summed E-state index contributed by atoms with van der Waals surface area (Å²) in [5, 5.41) is 8.67. The maximum absolute atomic E-state index is 13.3. The first kappa shape index (κ1) is 21.7. The molecule has 2 atom stereocenters. The molecule has 0 bridgehead atoms. The Kier molecular flexibility index (Phi) is 4.84. The minimum absolute atomic E-state index is 0.0263. The smallest absolute Gasteiger partial charge is 0.269 e. The molecule has 4 heterocycles. The monoisotopic (exact) mass is 500 g/mol. The molecule has 2 unspecified atom stereocenters. The van der Waals surface area contributed by atoms with Gasteiger partial charge in [-0.3, -0.25) is 4.40 Å². The van der Waals surface area contributed by atoms with E-state index in [0.29, 0.717) is 42.0 Å². The fourth-order valence-electron chi connectivity index (χ4n) is 5.26. The summed E-state index contributed by atoms with van der Waals surface area (Å²) < 4.78 is 56.1. The van der Waals surface area contributed by atoms with Gasteiger partial charge in [-0.05, 0) is 50.8 Å². The van der Waals surface area contributed by atoms with E-state index in [4.69, 9.17) is 0 Å². The lowest BCUT2D eigenvalue weighted by atomic mass is 10.1. The number of aryl methyl sites for hydroxylation is 1. The molecular formula is C22H24N6O4S2. The van der Waals surface area contributed by atoms with Gasteiger partial charge in [-0.1, -0.05) is 17.7 Å². The van der Waals surface area contributed by atoms with E-state index >= 15 is 0 Å². The summed E-state index contributed by atoms with van der Waals surface area (Å²) in [6, 6.07) is 8.38. The minimum Gasteiger partial charge on any atom is -0.274 e. The highest BCUT2D eigenvalue weighted by Gasteiger charge is 2.40. The van der Waals surface area contributed by atoms with Crippen LogP contribution in [0.2, 0.25) is 0 Å². The molecule has 1 aromatic carbocycles. The molecule has 2 aliphatic rings. The number of sulfonamides is 1. The van der Waals surface area contributed by atoms with Crippen LogP contribution in [0.3, 0.4) is 0 Å². The Balaban J connectivity index is 1.40. The van der Waals surface area contributed by atoms with Crippen LogP contribution in [0.15, 0.2) is 47.6 Å². The van der Waals surface area contributed by atoms with Gasteiger partial charge in [-0.25, -0.2) is 25.8 Å². The molecule has 3 aromatic heterocycles. The molecule has 0 radical (unpaired) electrons. The van der Waals surface area contributed by atoms with Crippen LogP contribution in [0, 0.1) is 6.92 Å². The summed E-state index contributed by atoms with van der Waals surface area (Å²) in [6.45, 7) is 2.48. The number of nitrogens with zero attached hydrogens (tertiary/aromatic N) is 6. The summed E-state index contributed by atoms with van der Waals surface area (Å²) in [5.41, 5.74) is 2.41. The van der Waals surface area contributed by atoms with Crippen LogP contribution in [-0.4, -0.2) is 63.0 Å². The predicted octanol–water partition coefficient (Wildman–Crippen LogP) is 2.30.